The van der Waals surface area contributed by atoms with Gasteiger partial charge in [0.25, 0.3) is 0 Å². The first-order valence-electron chi connectivity index (χ1n) is 11.3. The van der Waals surface area contributed by atoms with Crippen LogP contribution in [0.3, 0.4) is 0 Å². The molecule has 4 aliphatic rings. The van der Waals surface area contributed by atoms with Crippen LogP contribution in [0, 0.1) is 11.8 Å². The van der Waals surface area contributed by atoms with Crippen molar-refractivity contribution in [2.24, 2.45) is 11.8 Å². The molecule has 1 spiro atoms. The van der Waals surface area contributed by atoms with Crippen LogP contribution in [-0.4, -0.2) is 47.9 Å². The van der Waals surface area contributed by atoms with Crippen molar-refractivity contribution in [3.63, 3.8) is 0 Å². The van der Waals surface area contributed by atoms with Gasteiger partial charge in [0.15, 0.2) is 0 Å². The van der Waals surface area contributed by atoms with Gasteiger partial charge in [0.1, 0.15) is 5.54 Å². The third-order valence-electron chi connectivity index (χ3n) is 7.42. The molecule has 2 N–H and O–H groups in total. The van der Waals surface area contributed by atoms with Crippen LogP contribution in [0.1, 0.15) is 24.0 Å². The lowest BCUT2D eigenvalue weighted by Gasteiger charge is -2.30. The van der Waals surface area contributed by atoms with Crippen molar-refractivity contribution in [1.29, 1.82) is 0 Å². The second kappa shape index (κ2) is 7.25. The minimum Gasteiger partial charge on any atom is -0.376 e. The van der Waals surface area contributed by atoms with Gasteiger partial charge >= 0.3 is 0 Å². The SMILES string of the molecule is O=C1C2C(Cc3ccccc3)NC3(C(=O)Nc4ccccc43)C2C(=O)N1CC1CCCO1. The number of ether oxygens (including phenoxy) is 1. The molecule has 7 heteroatoms. The molecule has 2 aromatic carbocycles. The summed E-state index contributed by atoms with van der Waals surface area (Å²) in [6, 6.07) is 17.0. The first kappa shape index (κ1) is 19.6. The van der Waals surface area contributed by atoms with E-state index in [2.05, 4.69) is 10.6 Å². The van der Waals surface area contributed by atoms with E-state index in [-0.39, 0.29) is 36.4 Å². The summed E-state index contributed by atoms with van der Waals surface area (Å²) in [7, 11) is 0. The second-order valence-electron chi connectivity index (χ2n) is 9.17. The quantitative estimate of drug-likeness (QED) is 0.722. The summed E-state index contributed by atoms with van der Waals surface area (Å²) in [5.74, 6) is -2.09. The zero-order valence-corrected chi connectivity index (χ0v) is 17.6. The number of anilines is 1. The van der Waals surface area contributed by atoms with Gasteiger partial charge in [0.05, 0.1) is 24.5 Å². The van der Waals surface area contributed by atoms with Crippen LogP contribution < -0.4 is 10.6 Å². The molecule has 7 nitrogen and oxygen atoms in total. The average Bonchev–Trinajstić information content (AvgIpc) is 3.54. The fourth-order valence-electron chi connectivity index (χ4n) is 6.03. The van der Waals surface area contributed by atoms with E-state index < -0.39 is 17.4 Å². The number of rotatable bonds is 4. The number of benzene rings is 2. The minimum atomic E-state index is -1.24. The summed E-state index contributed by atoms with van der Waals surface area (Å²) in [5.41, 5.74) is 1.27. The molecule has 0 radical (unpaired) electrons. The molecule has 0 aliphatic carbocycles. The first-order valence-corrected chi connectivity index (χ1v) is 11.3. The van der Waals surface area contributed by atoms with Crippen LogP contribution in [0.4, 0.5) is 5.69 Å². The van der Waals surface area contributed by atoms with Crippen LogP contribution in [0.15, 0.2) is 54.6 Å². The molecule has 4 aliphatic heterocycles. The van der Waals surface area contributed by atoms with E-state index >= 15 is 0 Å². The molecular formula is C25H25N3O4. The van der Waals surface area contributed by atoms with Crippen LogP contribution in [0.5, 0.6) is 0 Å². The predicted molar refractivity (Wildman–Crippen MR) is 116 cm³/mol. The summed E-state index contributed by atoms with van der Waals surface area (Å²) in [6.45, 7) is 0.924. The molecule has 3 saturated heterocycles. The van der Waals surface area contributed by atoms with Crippen molar-refractivity contribution >= 4 is 23.4 Å². The molecule has 32 heavy (non-hydrogen) atoms. The van der Waals surface area contributed by atoms with Gasteiger partial charge in [-0.1, -0.05) is 48.5 Å². The third kappa shape index (κ3) is 2.71. The topological polar surface area (TPSA) is 87.7 Å². The molecule has 164 valence electrons. The van der Waals surface area contributed by atoms with Crippen molar-refractivity contribution in [3.8, 4) is 0 Å². The van der Waals surface area contributed by atoms with Crippen molar-refractivity contribution < 1.29 is 19.1 Å². The Bertz CT molecular complexity index is 1100. The third-order valence-corrected chi connectivity index (χ3v) is 7.42. The number of carbonyl (C=O) groups excluding carboxylic acids is 3. The number of para-hydroxylation sites is 1. The Morgan fingerprint density at radius 3 is 2.56 bits per heavy atom. The fourth-order valence-corrected chi connectivity index (χ4v) is 6.03. The number of amides is 3. The van der Waals surface area contributed by atoms with Crippen molar-refractivity contribution in [3.05, 3.63) is 65.7 Å². The Labute approximate surface area is 186 Å². The van der Waals surface area contributed by atoms with Gasteiger partial charge in [-0.05, 0) is 30.9 Å². The number of hydrogen-bond acceptors (Lipinski definition) is 5. The second-order valence-corrected chi connectivity index (χ2v) is 9.17. The number of carbonyl (C=O) groups is 3. The van der Waals surface area contributed by atoms with Crippen LogP contribution in [-0.2, 0) is 31.1 Å². The highest BCUT2D eigenvalue weighted by atomic mass is 16.5. The smallest absolute Gasteiger partial charge is 0.250 e. The molecule has 6 rings (SSSR count). The minimum absolute atomic E-state index is 0.122. The lowest BCUT2D eigenvalue weighted by Crippen LogP contribution is -2.54. The van der Waals surface area contributed by atoms with Crippen molar-refractivity contribution in [1.82, 2.24) is 10.2 Å². The lowest BCUT2D eigenvalue weighted by molar-refractivity contribution is -0.144. The van der Waals surface area contributed by atoms with Gasteiger partial charge in [-0.3, -0.25) is 24.6 Å². The Morgan fingerprint density at radius 2 is 1.78 bits per heavy atom. The number of likely N-dealkylation sites (tertiary alicyclic amines) is 1. The fraction of sp³-hybridized carbons (Fsp3) is 0.400. The Balaban J connectivity index is 1.43. The maximum Gasteiger partial charge on any atom is 0.250 e. The molecular weight excluding hydrogens is 406 g/mol. The molecule has 3 fully saturated rings. The molecule has 0 saturated carbocycles. The normalized spacial score (nSPS) is 33.1. The zero-order chi connectivity index (χ0) is 21.9. The summed E-state index contributed by atoms with van der Waals surface area (Å²) >= 11 is 0. The zero-order valence-electron chi connectivity index (χ0n) is 17.6. The molecule has 3 amide bonds. The average molecular weight is 431 g/mol. The molecule has 4 heterocycles. The number of nitrogens with zero attached hydrogens (tertiary/aromatic N) is 1. The van der Waals surface area contributed by atoms with E-state index in [0.717, 1.165) is 24.0 Å². The van der Waals surface area contributed by atoms with E-state index in [0.29, 0.717) is 18.7 Å². The van der Waals surface area contributed by atoms with E-state index in [1.807, 2.05) is 54.6 Å². The molecule has 0 aromatic heterocycles. The number of imide groups is 1. The monoisotopic (exact) mass is 431 g/mol. The molecule has 5 atom stereocenters. The molecule has 5 unspecified atom stereocenters. The summed E-state index contributed by atoms with van der Waals surface area (Å²) in [4.78, 5) is 42.1. The maximum absolute atomic E-state index is 13.7. The van der Waals surface area contributed by atoms with E-state index in [9.17, 15) is 14.4 Å². The van der Waals surface area contributed by atoms with E-state index in [1.54, 1.807) is 0 Å². The van der Waals surface area contributed by atoms with Gasteiger partial charge in [-0.2, -0.15) is 0 Å². The highest BCUT2D eigenvalue weighted by molar-refractivity contribution is 6.15. The largest absolute Gasteiger partial charge is 0.376 e. The van der Waals surface area contributed by atoms with E-state index in [1.165, 1.54) is 4.90 Å². The molecule has 2 aromatic rings. The highest BCUT2D eigenvalue weighted by Gasteiger charge is 2.70. The highest BCUT2D eigenvalue weighted by Crippen LogP contribution is 2.53. The Kier molecular flexibility index (Phi) is 4.45. The van der Waals surface area contributed by atoms with Gasteiger partial charge in [0.2, 0.25) is 17.7 Å². The standard InChI is InChI=1S/C25H25N3O4/c29-22-20-19(13-15-7-2-1-3-8-15)27-25(17-10-4-5-11-18(17)26-24(25)31)21(20)23(30)28(22)14-16-9-6-12-32-16/h1-5,7-8,10-11,16,19-21,27H,6,9,12-14H2,(H,26,31). The van der Waals surface area contributed by atoms with Crippen molar-refractivity contribution in [2.45, 2.75) is 36.9 Å². The van der Waals surface area contributed by atoms with Crippen LogP contribution in [0.25, 0.3) is 0 Å². The maximum atomic E-state index is 13.7. The first-order chi connectivity index (χ1) is 15.6. The van der Waals surface area contributed by atoms with Crippen molar-refractivity contribution in [2.75, 3.05) is 18.5 Å². The van der Waals surface area contributed by atoms with Gasteiger partial charge < -0.3 is 10.1 Å². The number of fused-ring (bicyclic) bond motifs is 4. The number of nitrogens with one attached hydrogen (secondary N) is 2. The summed E-state index contributed by atoms with van der Waals surface area (Å²) in [6.07, 6.45) is 2.22. The Hall–Kier alpha value is -3.03. The lowest BCUT2D eigenvalue weighted by atomic mass is 9.76. The van der Waals surface area contributed by atoms with Crippen LogP contribution in [0.2, 0.25) is 0 Å². The van der Waals surface area contributed by atoms with E-state index in [4.69, 9.17) is 4.74 Å². The predicted octanol–water partition coefficient (Wildman–Crippen LogP) is 1.83. The van der Waals surface area contributed by atoms with Gasteiger partial charge in [-0.15, -0.1) is 0 Å². The van der Waals surface area contributed by atoms with Gasteiger partial charge in [-0.25, -0.2) is 0 Å². The van der Waals surface area contributed by atoms with Gasteiger partial charge in [0, 0.05) is 23.9 Å². The molecule has 0 bridgehead atoms. The summed E-state index contributed by atoms with van der Waals surface area (Å²) in [5, 5.41) is 6.43. The van der Waals surface area contributed by atoms with Crippen LogP contribution >= 0.6 is 0 Å². The summed E-state index contributed by atoms with van der Waals surface area (Å²) < 4.78 is 5.71. The number of hydrogen-bond donors (Lipinski definition) is 2. The Morgan fingerprint density at radius 1 is 1.00 bits per heavy atom.